The average molecular weight is 426 g/mol. The van der Waals surface area contributed by atoms with Crippen LogP contribution in [0.3, 0.4) is 0 Å². The van der Waals surface area contributed by atoms with Crippen molar-refractivity contribution < 1.29 is 26.7 Å². The quantitative estimate of drug-likeness (QED) is 0.245. The van der Waals surface area contributed by atoms with Gasteiger partial charge in [-0.3, -0.25) is 4.79 Å². The molecular weight excluding hydrogens is 415 g/mol. The summed E-state index contributed by atoms with van der Waals surface area (Å²) in [7, 11) is 0. The predicted molar refractivity (Wildman–Crippen MR) is 98.4 cm³/mol. The van der Waals surface area contributed by atoms with E-state index in [0.717, 1.165) is 23.9 Å². The number of nitrogens with zero attached hydrogens (tertiary/aromatic N) is 2. The molecule has 11 heteroatoms. The number of benzene rings is 2. The summed E-state index contributed by atoms with van der Waals surface area (Å²) in [6, 6.07) is 3.62. The molecule has 0 bridgehead atoms. The molecule has 0 saturated heterocycles. The highest BCUT2D eigenvalue weighted by Crippen LogP contribution is 2.31. The van der Waals surface area contributed by atoms with Crippen molar-refractivity contribution in [2.24, 2.45) is 0 Å². The van der Waals surface area contributed by atoms with Crippen LogP contribution in [0.1, 0.15) is 10.4 Å². The standard InChI is InChI=1S/C18H11F5N4OS/c1-29-18-26-16(24-14-3-2-8(19)4-11(14)21)10(7-28)17(27-18)25-15-12(22)5-9(20)6-13(15)23/h2-7H,1H3,(H2,24,25,26,27). The molecule has 0 saturated carbocycles. The van der Waals surface area contributed by atoms with Gasteiger partial charge >= 0.3 is 0 Å². The lowest BCUT2D eigenvalue weighted by Crippen LogP contribution is -2.09. The first kappa shape index (κ1) is 20.5. The number of anilines is 4. The highest BCUT2D eigenvalue weighted by atomic mass is 32.2. The minimum atomic E-state index is -1.25. The minimum absolute atomic E-state index is 0.0750. The van der Waals surface area contributed by atoms with E-state index < -0.39 is 34.8 Å². The molecule has 150 valence electrons. The Morgan fingerprint density at radius 2 is 1.45 bits per heavy atom. The fourth-order valence-corrected chi connectivity index (χ4v) is 2.71. The van der Waals surface area contributed by atoms with Crippen LogP contribution in [-0.2, 0) is 0 Å². The molecule has 1 aromatic heterocycles. The summed E-state index contributed by atoms with van der Waals surface area (Å²) >= 11 is 1.04. The molecule has 0 radical (unpaired) electrons. The topological polar surface area (TPSA) is 66.9 Å². The monoisotopic (exact) mass is 426 g/mol. The first-order chi connectivity index (χ1) is 13.8. The van der Waals surface area contributed by atoms with Crippen LogP contribution in [-0.4, -0.2) is 22.5 Å². The number of nitrogens with one attached hydrogen (secondary N) is 2. The predicted octanol–water partition coefficient (Wildman–Crippen LogP) is 5.19. The Labute approximate surface area is 165 Å². The highest BCUT2D eigenvalue weighted by molar-refractivity contribution is 7.98. The molecule has 2 aromatic carbocycles. The fraction of sp³-hybridized carbons (Fsp3) is 0.0556. The Morgan fingerprint density at radius 1 is 0.862 bits per heavy atom. The second-order valence-electron chi connectivity index (χ2n) is 5.56. The Hall–Kier alpha value is -3.21. The number of carbonyl (C=O) groups excluding carboxylic acids is 1. The van der Waals surface area contributed by atoms with Gasteiger partial charge in [-0.25, -0.2) is 31.9 Å². The van der Waals surface area contributed by atoms with Gasteiger partial charge in [0.1, 0.15) is 34.8 Å². The lowest BCUT2D eigenvalue weighted by Gasteiger charge is -2.15. The lowest BCUT2D eigenvalue weighted by atomic mass is 10.2. The van der Waals surface area contributed by atoms with Gasteiger partial charge in [0.05, 0.1) is 11.3 Å². The Bertz CT molecular complexity index is 1070. The summed E-state index contributed by atoms with van der Waals surface area (Å²) < 4.78 is 68.1. The van der Waals surface area contributed by atoms with E-state index in [1.54, 1.807) is 6.26 Å². The normalized spacial score (nSPS) is 10.7. The van der Waals surface area contributed by atoms with Crippen LogP contribution >= 0.6 is 11.8 Å². The van der Waals surface area contributed by atoms with Gasteiger partial charge in [0.25, 0.3) is 0 Å². The summed E-state index contributed by atoms with van der Waals surface area (Å²) in [6.07, 6.45) is 1.89. The SMILES string of the molecule is CSc1nc(Nc2ccc(F)cc2F)c(C=O)c(Nc2c(F)cc(F)cc2F)n1. The maximum Gasteiger partial charge on any atom is 0.191 e. The number of carbonyl (C=O) groups is 1. The van der Waals surface area contributed by atoms with E-state index >= 15 is 0 Å². The van der Waals surface area contributed by atoms with Crippen LogP contribution in [0.4, 0.5) is 45.0 Å². The summed E-state index contributed by atoms with van der Waals surface area (Å²) in [5.41, 5.74) is -1.21. The zero-order valence-electron chi connectivity index (χ0n) is 14.6. The van der Waals surface area contributed by atoms with E-state index in [0.29, 0.717) is 18.2 Å². The molecule has 1 heterocycles. The molecule has 0 amide bonds. The van der Waals surface area contributed by atoms with Gasteiger partial charge in [-0.2, -0.15) is 0 Å². The van der Waals surface area contributed by atoms with E-state index in [4.69, 9.17) is 0 Å². The van der Waals surface area contributed by atoms with E-state index in [1.807, 2.05) is 0 Å². The molecule has 0 aliphatic carbocycles. The van der Waals surface area contributed by atoms with Crippen molar-refractivity contribution in [1.82, 2.24) is 9.97 Å². The van der Waals surface area contributed by atoms with E-state index in [1.165, 1.54) is 0 Å². The molecule has 0 aliphatic heterocycles. The second kappa shape index (κ2) is 8.43. The van der Waals surface area contributed by atoms with Crippen molar-refractivity contribution in [3.8, 4) is 0 Å². The third kappa shape index (κ3) is 4.45. The van der Waals surface area contributed by atoms with E-state index in [-0.39, 0.29) is 34.3 Å². The van der Waals surface area contributed by atoms with Crippen LogP contribution in [0.25, 0.3) is 0 Å². The van der Waals surface area contributed by atoms with Gasteiger partial charge in [0, 0.05) is 18.2 Å². The first-order valence-electron chi connectivity index (χ1n) is 7.87. The van der Waals surface area contributed by atoms with Crippen molar-refractivity contribution in [1.29, 1.82) is 0 Å². The first-order valence-corrected chi connectivity index (χ1v) is 9.09. The van der Waals surface area contributed by atoms with Gasteiger partial charge in [-0.1, -0.05) is 11.8 Å². The van der Waals surface area contributed by atoms with Crippen LogP contribution in [0, 0.1) is 29.1 Å². The van der Waals surface area contributed by atoms with Crippen molar-refractivity contribution in [2.45, 2.75) is 5.16 Å². The minimum Gasteiger partial charge on any atom is -0.337 e. The van der Waals surface area contributed by atoms with Crippen molar-refractivity contribution in [3.63, 3.8) is 0 Å². The van der Waals surface area contributed by atoms with Crippen LogP contribution < -0.4 is 10.6 Å². The molecule has 0 fully saturated rings. The summed E-state index contributed by atoms with van der Waals surface area (Å²) in [6.45, 7) is 0. The molecule has 2 N–H and O–H groups in total. The molecule has 0 spiro atoms. The number of hydrogen-bond donors (Lipinski definition) is 2. The maximum atomic E-state index is 14.0. The van der Waals surface area contributed by atoms with Crippen LogP contribution in [0.15, 0.2) is 35.5 Å². The number of hydrogen-bond acceptors (Lipinski definition) is 6. The molecule has 3 aromatic rings. The molecule has 5 nitrogen and oxygen atoms in total. The van der Waals surface area contributed by atoms with Gasteiger partial charge in [0.2, 0.25) is 0 Å². The van der Waals surface area contributed by atoms with Crippen LogP contribution in [0.2, 0.25) is 0 Å². The van der Waals surface area contributed by atoms with Crippen molar-refractivity contribution in [2.75, 3.05) is 16.9 Å². The highest BCUT2D eigenvalue weighted by Gasteiger charge is 2.19. The zero-order chi connectivity index (χ0) is 21.1. The molecule has 0 aliphatic rings. The van der Waals surface area contributed by atoms with Gasteiger partial charge in [0.15, 0.2) is 23.1 Å². The van der Waals surface area contributed by atoms with Crippen molar-refractivity contribution in [3.05, 3.63) is 65.0 Å². The largest absolute Gasteiger partial charge is 0.337 e. The Kier molecular flexibility index (Phi) is 5.97. The van der Waals surface area contributed by atoms with Crippen molar-refractivity contribution >= 4 is 41.1 Å². The van der Waals surface area contributed by atoms with E-state index in [9.17, 15) is 26.7 Å². The molecule has 29 heavy (non-hydrogen) atoms. The fourth-order valence-electron chi connectivity index (χ4n) is 2.34. The van der Waals surface area contributed by atoms with Gasteiger partial charge < -0.3 is 10.6 Å². The number of aldehydes is 1. The Balaban J connectivity index is 2.08. The average Bonchev–Trinajstić information content (AvgIpc) is 2.66. The summed E-state index contributed by atoms with van der Waals surface area (Å²) in [5.74, 6) is -5.85. The number of aromatic nitrogens is 2. The second-order valence-corrected chi connectivity index (χ2v) is 6.33. The molecule has 0 atom stereocenters. The smallest absolute Gasteiger partial charge is 0.191 e. The maximum absolute atomic E-state index is 14.0. The Morgan fingerprint density at radius 3 is 2.00 bits per heavy atom. The third-order valence-corrected chi connectivity index (χ3v) is 4.21. The van der Waals surface area contributed by atoms with Gasteiger partial charge in [-0.05, 0) is 18.4 Å². The lowest BCUT2D eigenvalue weighted by molar-refractivity contribution is 0.112. The summed E-state index contributed by atoms with van der Waals surface area (Å²) in [5, 5.41) is 4.91. The van der Waals surface area contributed by atoms with Gasteiger partial charge in [-0.15, -0.1) is 0 Å². The number of rotatable bonds is 6. The molecule has 3 rings (SSSR count). The summed E-state index contributed by atoms with van der Waals surface area (Å²) in [4.78, 5) is 19.7. The molecular formula is C18H11F5N4OS. The molecule has 0 unspecified atom stereocenters. The number of thioether (sulfide) groups is 1. The third-order valence-electron chi connectivity index (χ3n) is 3.66. The number of halogens is 5. The zero-order valence-corrected chi connectivity index (χ0v) is 15.4. The van der Waals surface area contributed by atoms with E-state index in [2.05, 4.69) is 20.6 Å². The van der Waals surface area contributed by atoms with Crippen LogP contribution in [0.5, 0.6) is 0 Å².